The van der Waals surface area contributed by atoms with Gasteiger partial charge in [0.1, 0.15) is 54.7 Å². The Labute approximate surface area is 321 Å². The maximum absolute atomic E-state index is 12.7. The molecule has 6 rings (SSSR count). The average Bonchev–Trinajstić information content (AvgIpc) is 3.21. The van der Waals surface area contributed by atoms with Gasteiger partial charge in [-0.1, -0.05) is 73.2 Å². The van der Waals surface area contributed by atoms with Gasteiger partial charge in [-0.25, -0.2) is 14.4 Å². The summed E-state index contributed by atoms with van der Waals surface area (Å²) in [5.74, 6) is -1.21. The van der Waals surface area contributed by atoms with Gasteiger partial charge in [0.2, 0.25) is 0 Å². The maximum atomic E-state index is 12.7. The fourth-order valence-corrected chi connectivity index (χ4v) is 4.99. The molecule has 0 aliphatic carbocycles. The Bertz CT molecular complexity index is 2270. The zero-order chi connectivity index (χ0) is 39.7. The van der Waals surface area contributed by atoms with E-state index in [0.29, 0.717) is 35.2 Å². The minimum absolute atomic E-state index is 0.0180. The highest BCUT2D eigenvalue weighted by atomic mass is 17.2. The normalized spacial score (nSPS) is 10.1. The Morgan fingerprint density at radius 1 is 0.554 bits per heavy atom. The van der Waals surface area contributed by atoms with Gasteiger partial charge in [0.15, 0.2) is 5.75 Å². The van der Waals surface area contributed by atoms with E-state index >= 15 is 0 Å². The molecule has 12 heteroatoms. The van der Waals surface area contributed by atoms with Gasteiger partial charge in [0.25, 0.3) is 0 Å². The number of esters is 1. The second-order valence-electron chi connectivity index (χ2n) is 11.5. The van der Waals surface area contributed by atoms with Crippen LogP contribution < -0.4 is 23.8 Å². The molecule has 0 unspecified atom stereocenters. The van der Waals surface area contributed by atoms with Crippen LogP contribution in [0.1, 0.15) is 36.6 Å². The number of carbonyl (C=O) groups is 3. The molecule has 0 bridgehead atoms. The summed E-state index contributed by atoms with van der Waals surface area (Å²) >= 11 is 0. The maximum Gasteiger partial charge on any atom is 0.344 e. The van der Waals surface area contributed by atoms with E-state index in [0.717, 1.165) is 17.2 Å². The minimum Gasteiger partial charge on any atom is -0.508 e. The number of carboxylic acid groups (broad SMARTS) is 2. The number of carboxylic acids is 2. The Morgan fingerprint density at radius 2 is 1.09 bits per heavy atom. The second-order valence-corrected chi connectivity index (χ2v) is 11.5. The lowest BCUT2D eigenvalue weighted by molar-refractivity contribution is -0.217. The molecule has 0 heterocycles. The molecule has 282 valence electrons. The van der Waals surface area contributed by atoms with Crippen LogP contribution in [-0.2, 0) is 11.5 Å². The third-order valence-corrected chi connectivity index (χ3v) is 7.67. The molecule has 0 radical (unpaired) electrons. The summed E-state index contributed by atoms with van der Waals surface area (Å²) in [6.45, 7) is 0.399. The molecular formula is C44H34O12. The summed E-state index contributed by atoms with van der Waals surface area (Å²) < 4.78 is 21.5. The first kappa shape index (κ1) is 39.5. The summed E-state index contributed by atoms with van der Waals surface area (Å²) in [4.78, 5) is 46.9. The number of aromatic carboxylic acids is 2. The van der Waals surface area contributed by atoms with E-state index in [1.54, 1.807) is 84.9 Å². The average molecular weight is 755 g/mol. The molecule has 6 aromatic carbocycles. The lowest BCUT2D eigenvalue weighted by Crippen LogP contribution is -2.14. The molecule has 0 spiro atoms. The van der Waals surface area contributed by atoms with Gasteiger partial charge >= 0.3 is 17.9 Å². The van der Waals surface area contributed by atoms with E-state index < -0.39 is 17.9 Å². The van der Waals surface area contributed by atoms with Crippen molar-refractivity contribution in [2.45, 2.75) is 6.61 Å². The van der Waals surface area contributed by atoms with Crippen LogP contribution in [0.4, 0.5) is 0 Å². The van der Waals surface area contributed by atoms with Crippen molar-refractivity contribution in [1.82, 2.24) is 0 Å². The van der Waals surface area contributed by atoms with Crippen molar-refractivity contribution in [3.63, 3.8) is 0 Å². The van der Waals surface area contributed by atoms with Crippen molar-refractivity contribution < 1.29 is 58.4 Å². The Kier molecular flexibility index (Phi) is 14.0. The summed E-state index contributed by atoms with van der Waals surface area (Å²) in [6.07, 6.45) is 7.03. The molecule has 12 nitrogen and oxygen atoms in total. The number of para-hydroxylation sites is 2. The number of hydrogen-bond acceptors (Lipinski definition) is 10. The number of phenolic OH excluding ortho intramolecular Hbond substituents is 1. The predicted octanol–water partition coefficient (Wildman–Crippen LogP) is 8.30. The first-order valence-electron chi connectivity index (χ1n) is 16.8. The zero-order valence-corrected chi connectivity index (χ0v) is 29.6. The smallest absolute Gasteiger partial charge is 0.344 e. The van der Waals surface area contributed by atoms with Crippen LogP contribution in [0.2, 0.25) is 0 Å². The molecule has 6 aromatic rings. The molecule has 0 fully saturated rings. The molecule has 0 atom stereocenters. The minimum atomic E-state index is -1.34. The quantitative estimate of drug-likeness (QED) is 0.0230. The van der Waals surface area contributed by atoms with Gasteiger partial charge in [0.05, 0.1) is 16.7 Å². The van der Waals surface area contributed by atoms with Gasteiger partial charge < -0.3 is 39.2 Å². The first-order valence-corrected chi connectivity index (χ1v) is 16.8. The largest absolute Gasteiger partial charge is 0.508 e. The van der Waals surface area contributed by atoms with Crippen molar-refractivity contribution >= 4 is 17.9 Å². The molecule has 0 aliphatic heterocycles. The Hall–Kier alpha value is -7.75. The molecule has 0 aromatic heterocycles. The summed E-state index contributed by atoms with van der Waals surface area (Å²) in [7, 11) is 0. The Balaban J connectivity index is 0.000000771. The summed E-state index contributed by atoms with van der Waals surface area (Å²) in [5.41, 5.74) is 1.56. The fourth-order valence-electron chi connectivity index (χ4n) is 4.99. The number of carbonyl (C=O) groups excluding carboxylic acids is 1. The predicted molar refractivity (Wildman–Crippen MR) is 204 cm³/mol. The van der Waals surface area contributed by atoms with Gasteiger partial charge in [-0.15, -0.1) is 0 Å². The summed E-state index contributed by atoms with van der Waals surface area (Å²) in [5, 5.41) is 27.8. The van der Waals surface area contributed by atoms with E-state index in [2.05, 4.69) is 0 Å². The first-order chi connectivity index (χ1) is 27.2. The van der Waals surface area contributed by atoms with Crippen molar-refractivity contribution in [3.05, 3.63) is 168 Å². The number of rotatable bonds is 15. The van der Waals surface area contributed by atoms with Crippen LogP contribution in [-0.4, -0.2) is 46.4 Å². The molecular weight excluding hydrogens is 720 g/mol. The number of aromatic hydroxyl groups is 1. The lowest BCUT2D eigenvalue weighted by Gasteiger charge is -2.12. The number of phenols is 1. The topological polar surface area (TPSA) is 167 Å². The van der Waals surface area contributed by atoms with Crippen LogP contribution in [0.25, 0.3) is 11.1 Å². The standard InChI is InChI=1S/C38H28O11.C6H6O/c1-2-44-31-18-19-33(35(23-31)37(41)42)38(43)48-29-13-8-25(9-14-29)26-10-15-30(16-11-26)49-47-24-27-12-17-32(22-34(27)36(39)40)46-21-20-45-28-6-4-3-5-7-28;7-6-4-2-1-3-5-6/h1,3-19,22-23H,20-21,24H2,(H,39,40)(H,41,42);1-5,7H. The Morgan fingerprint density at radius 3 is 1.66 bits per heavy atom. The van der Waals surface area contributed by atoms with E-state index in [-0.39, 0.29) is 41.4 Å². The third kappa shape index (κ3) is 11.6. The monoisotopic (exact) mass is 754 g/mol. The van der Waals surface area contributed by atoms with Crippen LogP contribution in [0.5, 0.6) is 34.5 Å². The van der Waals surface area contributed by atoms with E-state index in [4.69, 9.17) is 40.3 Å². The molecule has 56 heavy (non-hydrogen) atoms. The highest BCUT2D eigenvalue weighted by Crippen LogP contribution is 2.27. The number of ether oxygens (including phenoxy) is 4. The van der Waals surface area contributed by atoms with E-state index in [1.807, 2.05) is 42.5 Å². The molecule has 3 N–H and O–H groups in total. The third-order valence-electron chi connectivity index (χ3n) is 7.67. The SMILES string of the molecule is C#COc1ccc(C(=O)Oc2ccc(-c3ccc(OOCc4ccc(OCCOc5ccccc5)cc4C(=O)O)cc3)cc2)c(C(=O)O)c1.Oc1ccccc1. The molecule has 0 saturated heterocycles. The van der Waals surface area contributed by atoms with Crippen LogP contribution in [0, 0.1) is 12.5 Å². The van der Waals surface area contributed by atoms with Gasteiger partial charge in [0, 0.05) is 0 Å². The number of benzene rings is 6. The highest BCUT2D eigenvalue weighted by Gasteiger charge is 2.20. The van der Waals surface area contributed by atoms with Crippen molar-refractivity contribution in [3.8, 4) is 58.2 Å². The van der Waals surface area contributed by atoms with Crippen molar-refractivity contribution in [2.75, 3.05) is 13.2 Å². The highest BCUT2D eigenvalue weighted by molar-refractivity contribution is 6.03. The molecule has 0 saturated carbocycles. The number of hydrogen-bond donors (Lipinski definition) is 3. The molecule has 0 aliphatic rings. The number of terminal acetylenes is 1. The van der Waals surface area contributed by atoms with Crippen molar-refractivity contribution in [1.29, 1.82) is 0 Å². The lowest BCUT2D eigenvalue weighted by atomic mass is 10.1. The van der Waals surface area contributed by atoms with Crippen LogP contribution in [0.15, 0.2) is 146 Å². The van der Waals surface area contributed by atoms with Crippen LogP contribution >= 0.6 is 0 Å². The molecule has 0 amide bonds. The van der Waals surface area contributed by atoms with E-state index in [9.17, 15) is 24.6 Å². The zero-order valence-electron chi connectivity index (χ0n) is 29.6. The summed E-state index contributed by atoms with van der Waals surface area (Å²) in [6, 6.07) is 40.0. The van der Waals surface area contributed by atoms with Gasteiger partial charge in [-0.2, -0.15) is 4.89 Å². The second kappa shape index (κ2) is 19.9. The van der Waals surface area contributed by atoms with Gasteiger partial charge in [-0.05, 0) is 95.6 Å². The van der Waals surface area contributed by atoms with Crippen LogP contribution in [0.3, 0.4) is 0 Å². The van der Waals surface area contributed by atoms with Crippen molar-refractivity contribution in [2.24, 2.45) is 0 Å². The van der Waals surface area contributed by atoms with E-state index in [1.165, 1.54) is 18.2 Å². The fraction of sp³-hybridized carbons (Fsp3) is 0.0682. The van der Waals surface area contributed by atoms with Gasteiger partial charge in [-0.3, -0.25) is 0 Å².